The number of ether oxygens (including phenoxy) is 1. The van der Waals surface area contributed by atoms with E-state index in [1.807, 2.05) is 0 Å². The molecule has 2 N–H and O–H groups in total. The van der Waals surface area contributed by atoms with Crippen LogP contribution in [0.15, 0.2) is 18.2 Å². The topological polar surface area (TPSA) is 99.2 Å². The van der Waals surface area contributed by atoms with Gasteiger partial charge in [-0.15, -0.1) is 0 Å². The Bertz CT molecular complexity index is 657. The summed E-state index contributed by atoms with van der Waals surface area (Å²) in [5, 5.41) is 9.89. The zero-order valence-electron chi connectivity index (χ0n) is 14.1. The highest BCUT2D eigenvalue weighted by Crippen LogP contribution is 2.29. The molecule has 0 saturated heterocycles. The molecule has 0 atom stereocenters. The van der Waals surface area contributed by atoms with Crippen LogP contribution in [0.2, 0.25) is 5.02 Å². The average molecular weight is 358 g/mol. The summed E-state index contributed by atoms with van der Waals surface area (Å²) in [6, 6.07) is 4.31. The van der Waals surface area contributed by atoms with Gasteiger partial charge in [0.2, 0.25) is 5.91 Å². The van der Waals surface area contributed by atoms with Crippen molar-refractivity contribution < 1.29 is 24.2 Å². The highest BCUT2D eigenvalue weighted by atomic mass is 35.5. The zero-order chi connectivity index (χ0) is 18.7. The van der Waals surface area contributed by atoms with Crippen LogP contribution in [0, 0.1) is 0 Å². The predicted octanol–water partition coefficient (Wildman–Crippen LogP) is 3.25. The van der Waals surface area contributed by atoms with E-state index >= 15 is 0 Å². The fourth-order valence-electron chi connectivity index (χ4n) is 1.67. The van der Waals surface area contributed by atoms with Gasteiger partial charge in [-0.1, -0.05) is 11.6 Å². The summed E-state index contributed by atoms with van der Waals surface area (Å²) in [4.78, 5) is 35.9. The lowest BCUT2D eigenvalue weighted by Crippen LogP contribution is -2.48. The number of nitrogens with one attached hydrogen (secondary N) is 1. The molecule has 24 heavy (non-hydrogen) atoms. The van der Waals surface area contributed by atoms with Gasteiger partial charge in [0.05, 0.1) is 10.7 Å². The first-order valence-electron chi connectivity index (χ1n) is 6.99. The number of halogens is 1. The molecule has 132 valence electrons. The van der Waals surface area contributed by atoms with Crippen LogP contribution >= 0.6 is 11.6 Å². The molecule has 0 heterocycles. The van der Waals surface area contributed by atoms with E-state index in [4.69, 9.17) is 16.3 Å². The van der Waals surface area contributed by atoms with Crippen molar-refractivity contribution >= 4 is 41.1 Å². The molecule has 0 aliphatic heterocycles. The minimum Gasteiger partial charge on any atom is -0.463 e. The summed E-state index contributed by atoms with van der Waals surface area (Å²) >= 11 is 6.10. The highest BCUT2D eigenvalue weighted by molar-refractivity contribution is 6.34. The number of nitrogens with zero attached hydrogens (tertiary/aromatic N) is 2. The number of hydrogen-bond acceptors (Lipinski definition) is 4. The largest absolute Gasteiger partial charge is 0.463 e. The molecule has 9 heteroatoms. The van der Waals surface area contributed by atoms with Gasteiger partial charge in [-0.05, 0) is 39.0 Å². The zero-order valence-corrected chi connectivity index (χ0v) is 14.8. The summed E-state index contributed by atoms with van der Waals surface area (Å²) in [7, 11) is 1.56. The van der Waals surface area contributed by atoms with Crippen LogP contribution in [-0.2, 0) is 9.53 Å². The number of hydrogen-bond donors (Lipinski definition) is 2. The summed E-state index contributed by atoms with van der Waals surface area (Å²) < 4.78 is 5.02. The van der Waals surface area contributed by atoms with Gasteiger partial charge in [-0.25, -0.2) is 15.0 Å². The Kier molecular flexibility index (Phi) is 6.03. The molecule has 0 aromatic heterocycles. The van der Waals surface area contributed by atoms with E-state index in [0.29, 0.717) is 10.7 Å². The van der Waals surface area contributed by atoms with Crippen LogP contribution in [0.5, 0.6) is 0 Å². The van der Waals surface area contributed by atoms with Crippen molar-refractivity contribution in [3.63, 3.8) is 0 Å². The summed E-state index contributed by atoms with van der Waals surface area (Å²) in [5.74, 6) is -0.208. The molecule has 1 aromatic rings. The maximum Gasteiger partial charge on any atom is 0.431 e. The average Bonchev–Trinajstić information content (AvgIpc) is 2.42. The Morgan fingerprint density at radius 3 is 2.25 bits per heavy atom. The normalized spacial score (nSPS) is 10.8. The SMILES string of the molecule is CC(=O)N(C)c1ccc(N(NC(=O)OC(C)(C)C)C(=O)O)c(Cl)c1. The molecule has 0 radical (unpaired) electrons. The van der Waals surface area contributed by atoms with Crippen LogP contribution in [-0.4, -0.2) is 35.8 Å². The van der Waals surface area contributed by atoms with Crippen LogP contribution in [0.3, 0.4) is 0 Å². The van der Waals surface area contributed by atoms with E-state index in [-0.39, 0.29) is 16.6 Å². The Labute approximate surface area is 144 Å². The molecular weight excluding hydrogens is 338 g/mol. The van der Waals surface area contributed by atoms with Crippen molar-refractivity contribution in [2.24, 2.45) is 0 Å². The third kappa shape index (κ3) is 5.31. The molecule has 3 amide bonds. The second kappa shape index (κ2) is 7.39. The maximum atomic E-state index is 11.8. The summed E-state index contributed by atoms with van der Waals surface area (Å²) in [6.07, 6.45) is -2.39. The van der Waals surface area contributed by atoms with Crippen LogP contribution < -0.4 is 15.3 Å². The molecule has 0 aliphatic carbocycles. The van der Waals surface area contributed by atoms with Gasteiger partial charge in [0, 0.05) is 19.7 Å². The van der Waals surface area contributed by atoms with Gasteiger partial charge >= 0.3 is 12.2 Å². The number of anilines is 2. The van der Waals surface area contributed by atoms with Crippen LogP contribution in [0.25, 0.3) is 0 Å². The third-order valence-electron chi connectivity index (χ3n) is 2.83. The summed E-state index contributed by atoms with van der Waals surface area (Å²) in [6.45, 7) is 6.33. The molecule has 0 spiro atoms. The van der Waals surface area contributed by atoms with Gasteiger partial charge in [0.15, 0.2) is 0 Å². The molecule has 8 nitrogen and oxygen atoms in total. The van der Waals surface area contributed by atoms with E-state index in [0.717, 1.165) is 0 Å². The van der Waals surface area contributed by atoms with Crippen molar-refractivity contribution in [3.05, 3.63) is 23.2 Å². The lowest BCUT2D eigenvalue weighted by atomic mass is 10.2. The molecule has 0 bridgehead atoms. The lowest BCUT2D eigenvalue weighted by Gasteiger charge is -2.25. The molecule has 0 aliphatic rings. The number of carbonyl (C=O) groups excluding carboxylic acids is 2. The molecule has 0 unspecified atom stereocenters. The first kappa shape index (κ1) is 19.6. The van der Waals surface area contributed by atoms with Crippen molar-refractivity contribution in [3.8, 4) is 0 Å². The monoisotopic (exact) mass is 357 g/mol. The predicted molar refractivity (Wildman–Crippen MR) is 90.4 cm³/mol. The third-order valence-corrected chi connectivity index (χ3v) is 3.13. The van der Waals surface area contributed by atoms with E-state index in [1.165, 1.54) is 30.0 Å². The summed E-state index contributed by atoms with van der Waals surface area (Å²) in [5.41, 5.74) is 1.83. The number of carboxylic acid groups (broad SMARTS) is 1. The Hall–Kier alpha value is -2.48. The van der Waals surface area contributed by atoms with Crippen molar-refractivity contribution in [1.29, 1.82) is 0 Å². The maximum absolute atomic E-state index is 11.8. The fraction of sp³-hybridized carbons (Fsp3) is 0.400. The molecular formula is C15H20ClN3O5. The number of benzene rings is 1. The molecule has 1 rings (SSSR count). The van der Waals surface area contributed by atoms with Crippen molar-refractivity contribution in [2.45, 2.75) is 33.3 Å². The Morgan fingerprint density at radius 2 is 1.83 bits per heavy atom. The number of rotatable bonds is 2. The quantitative estimate of drug-likeness (QED) is 0.791. The number of hydrazine groups is 1. The standard InChI is InChI=1S/C15H20ClN3O5/c1-9(20)18(5)10-6-7-12(11(16)8-10)19(14(22)23)17-13(21)24-15(2,3)4/h6-8H,1-5H3,(H,17,21)(H,22,23). The number of carbonyl (C=O) groups is 3. The van der Waals surface area contributed by atoms with Gasteiger partial charge in [0.25, 0.3) is 0 Å². The minimum absolute atomic E-state index is 0.0238. The molecule has 0 saturated carbocycles. The fourth-order valence-corrected chi connectivity index (χ4v) is 1.93. The van der Waals surface area contributed by atoms with E-state index in [2.05, 4.69) is 5.43 Å². The first-order valence-corrected chi connectivity index (χ1v) is 7.36. The smallest absolute Gasteiger partial charge is 0.431 e. The van der Waals surface area contributed by atoms with Gasteiger partial charge in [-0.3, -0.25) is 4.79 Å². The van der Waals surface area contributed by atoms with E-state index < -0.39 is 17.8 Å². The van der Waals surface area contributed by atoms with Crippen LogP contribution in [0.4, 0.5) is 21.0 Å². The van der Waals surface area contributed by atoms with Gasteiger partial charge < -0.3 is 14.7 Å². The number of amides is 3. The molecule has 0 fully saturated rings. The van der Waals surface area contributed by atoms with Gasteiger partial charge in [-0.2, -0.15) is 5.01 Å². The van der Waals surface area contributed by atoms with Crippen molar-refractivity contribution in [2.75, 3.05) is 17.0 Å². The van der Waals surface area contributed by atoms with Gasteiger partial charge in [0.1, 0.15) is 5.60 Å². The first-order chi connectivity index (χ1) is 10.9. The molecule has 1 aromatic carbocycles. The van der Waals surface area contributed by atoms with E-state index in [9.17, 15) is 19.5 Å². The second-order valence-electron chi connectivity index (χ2n) is 5.95. The van der Waals surface area contributed by atoms with Crippen LogP contribution in [0.1, 0.15) is 27.7 Å². The van der Waals surface area contributed by atoms with E-state index in [1.54, 1.807) is 27.8 Å². The second-order valence-corrected chi connectivity index (χ2v) is 6.35. The highest BCUT2D eigenvalue weighted by Gasteiger charge is 2.24. The Balaban J connectivity index is 3.07. The minimum atomic E-state index is -1.45. The van der Waals surface area contributed by atoms with Crippen molar-refractivity contribution in [1.82, 2.24) is 5.43 Å². The Morgan fingerprint density at radius 1 is 1.25 bits per heavy atom. The lowest BCUT2D eigenvalue weighted by molar-refractivity contribution is -0.116.